The quantitative estimate of drug-likeness (QED) is 0.781. The Labute approximate surface area is 108 Å². The Morgan fingerprint density at radius 1 is 1.37 bits per heavy atom. The molecule has 0 aromatic carbocycles. The lowest BCUT2D eigenvalue weighted by atomic mass is 10.4. The summed E-state index contributed by atoms with van der Waals surface area (Å²) in [6.07, 6.45) is -2.92. The first-order valence-electron chi connectivity index (χ1n) is 5.73. The highest BCUT2D eigenvalue weighted by Gasteiger charge is 2.41. The Balaban J connectivity index is 2.70. The molecule has 108 valence electrons. The number of rotatable bonds is 7. The molecule has 0 saturated heterocycles. The molecule has 4 nitrogen and oxygen atoms in total. The first kappa shape index (κ1) is 15.5. The van der Waals surface area contributed by atoms with E-state index in [0.717, 1.165) is 6.42 Å². The number of nitrogens with zero attached hydrogens (tertiary/aromatic N) is 2. The molecule has 1 heterocycles. The maximum Gasteiger partial charge on any atom is 0.340 e. The lowest BCUT2D eigenvalue weighted by Crippen LogP contribution is -2.34. The van der Waals surface area contributed by atoms with Crippen LogP contribution in [0.5, 0.6) is 5.88 Å². The second-order valence-corrected chi connectivity index (χ2v) is 3.92. The van der Waals surface area contributed by atoms with Crippen molar-refractivity contribution in [1.82, 2.24) is 9.97 Å². The van der Waals surface area contributed by atoms with Crippen molar-refractivity contribution in [2.24, 2.45) is 0 Å². The summed E-state index contributed by atoms with van der Waals surface area (Å²) in [6.45, 7) is 2.72. The van der Waals surface area contributed by atoms with Crippen molar-refractivity contribution in [3.05, 3.63) is 11.9 Å². The van der Waals surface area contributed by atoms with Gasteiger partial charge in [-0.3, -0.25) is 0 Å². The monoisotopic (exact) mass is 281 g/mol. The lowest BCUT2D eigenvalue weighted by molar-refractivity contribution is -0.148. The number of hydrogen-bond donors (Lipinski definition) is 1. The molecule has 1 aromatic rings. The van der Waals surface area contributed by atoms with Crippen molar-refractivity contribution in [1.29, 1.82) is 0 Å². The van der Waals surface area contributed by atoms with Crippen LogP contribution in [0, 0.1) is 6.92 Å². The first-order chi connectivity index (χ1) is 8.85. The lowest BCUT2D eigenvalue weighted by Gasteiger charge is -2.16. The van der Waals surface area contributed by atoms with Gasteiger partial charge in [0.1, 0.15) is 11.6 Å². The second-order valence-electron chi connectivity index (χ2n) is 3.92. The van der Waals surface area contributed by atoms with E-state index in [-0.39, 0.29) is 5.88 Å². The number of aryl methyl sites for hydroxylation is 1. The minimum absolute atomic E-state index is 0.161. The van der Waals surface area contributed by atoms with E-state index in [2.05, 4.69) is 20.0 Å². The minimum atomic E-state index is -4.20. The van der Waals surface area contributed by atoms with Gasteiger partial charge in [0.2, 0.25) is 5.88 Å². The molecule has 0 spiro atoms. The fraction of sp³-hybridized carbons (Fsp3) is 0.636. The van der Waals surface area contributed by atoms with E-state index in [1.54, 1.807) is 6.92 Å². The van der Waals surface area contributed by atoms with Gasteiger partial charge in [-0.2, -0.15) is 13.8 Å². The van der Waals surface area contributed by atoms with Gasteiger partial charge in [-0.05, 0) is 13.3 Å². The van der Waals surface area contributed by atoms with E-state index in [9.17, 15) is 17.6 Å². The zero-order valence-electron chi connectivity index (χ0n) is 10.6. The molecule has 0 aliphatic carbocycles. The molecule has 1 N–H and O–H groups in total. The van der Waals surface area contributed by atoms with Gasteiger partial charge < -0.3 is 10.1 Å². The Morgan fingerprint density at radius 3 is 2.63 bits per heavy atom. The highest BCUT2D eigenvalue weighted by Crippen LogP contribution is 2.24. The van der Waals surface area contributed by atoms with Crippen LogP contribution in [0.3, 0.4) is 0 Å². The average Bonchev–Trinajstić information content (AvgIpc) is 2.33. The van der Waals surface area contributed by atoms with Crippen molar-refractivity contribution in [3.8, 4) is 5.88 Å². The van der Waals surface area contributed by atoms with Crippen LogP contribution in [-0.2, 0) is 0 Å². The molecule has 0 atom stereocenters. The van der Waals surface area contributed by atoms with E-state index in [0.29, 0.717) is 18.2 Å². The Bertz CT molecular complexity index is 415. The highest BCUT2D eigenvalue weighted by molar-refractivity contribution is 5.38. The fourth-order valence-electron chi connectivity index (χ4n) is 1.19. The van der Waals surface area contributed by atoms with Crippen LogP contribution in [0.2, 0.25) is 0 Å². The number of aromatic nitrogens is 2. The SMILES string of the molecule is CCCNc1cc(OCC(F)(F)C(F)F)nc(C)n1. The molecule has 0 unspecified atom stereocenters. The average molecular weight is 281 g/mol. The third kappa shape index (κ3) is 4.88. The zero-order valence-corrected chi connectivity index (χ0v) is 10.6. The summed E-state index contributed by atoms with van der Waals surface area (Å²) in [4.78, 5) is 7.77. The van der Waals surface area contributed by atoms with Gasteiger partial charge in [0.15, 0.2) is 6.61 Å². The van der Waals surface area contributed by atoms with Gasteiger partial charge in [0.05, 0.1) is 0 Å². The standard InChI is InChI=1S/C11H15F4N3O/c1-3-4-16-8-5-9(18-7(2)17-8)19-6-11(14,15)10(12)13/h5,10H,3-4,6H2,1-2H3,(H,16,17,18). The van der Waals surface area contributed by atoms with Crippen LogP contribution in [-0.4, -0.2) is 35.5 Å². The third-order valence-electron chi connectivity index (χ3n) is 2.10. The summed E-state index contributed by atoms with van der Waals surface area (Å²) in [7, 11) is 0. The smallest absolute Gasteiger partial charge is 0.340 e. The van der Waals surface area contributed by atoms with Crippen molar-refractivity contribution < 1.29 is 22.3 Å². The van der Waals surface area contributed by atoms with Gasteiger partial charge in [-0.15, -0.1) is 0 Å². The molecule has 0 amide bonds. The Kier molecular flexibility index (Phi) is 5.31. The number of halogens is 4. The fourth-order valence-corrected chi connectivity index (χ4v) is 1.19. The first-order valence-corrected chi connectivity index (χ1v) is 5.73. The normalized spacial score (nSPS) is 11.7. The van der Waals surface area contributed by atoms with Gasteiger partial charge in [-0.1, -0.05) is 6.92 Å². The van der Waals surface area contributed by atoms with Crippen molar-refractivity contribution in [2.75, 3.05) is 18.5 Å². The molecule has 0 radical (unpaired) electrons. The van der Waals surface area contributed by atoms with Crippen LogP contribution in [0.25, 0.3) is 0 Å². The number of hydrogen-bond acceptors (Lipinski definition) is 4. The molecule has 0 aliphatic rings. The number of nitrogens with one attached hydrogen (secondary N) is 1. The zero-order chi connectivity index (χ0) is 14.5. The molecule has 0 bridgehead atoms. The summed E-state index contributed by atoms with van der Waals surface area (Å²) in [5.41, 5.74) is 0. The number of anilines is 1. The van der Waals surface area contributed by atoms with E-state index < -0.39 is 19.0 Å². The van der Waals surface area contributed by atoms with E-state index in [4.69, 9.17) is 0 Å². The van der Waals surface area contributed by atoms with E-state index in [1.807, 2.05) is 6.92 Å². The van der Waals surface area contributed by atoms with Crippen LogP contribution in [0.1, 0.15) is 19.2 Å². The predicted molar refractivity (Wildman–Crippen MR) is 62.0 cm³/mol. The minimum Gasteiger partial charge on any atom is -0.471 e. The maximum absolute atomic E-state index is 12.7. The van der Waals surface area contributed by atoms with Crippen molar-refractivity contribution >= 4 is 5.82 Å². The summed E-state index contributed by atoms with van der Waals surface area (Å²) >= 11 is 0. The predicted octanol–water partition coefficient (Wildman–Crippen LogP) is 2.89. The molecule has 8 heteroatoms. The van der Waals surface area contributed by atoms with Crippen LogP contribution < -0.4 is 10.1 Å². The molecular formula is C11H15F4N3O. The van der Waals surface area contributed by atoms with Gasteiger partial charge in [0.25, 0.3) is 0 Å². The summed E-state index contributed by atoms with van der Waals surface area (Å²) in [5.74, 6) is -3.65. The van der Waals surface area contributed by atoms with Gasteiger partial charge >= 0.3 is 12.3 Å². The second kappa shape index (κ2) is 6.53. The number of alkyl halides is 4. The molecule has 1 rings (SSSR count). The summed E-state index contributed by atoms with van der Waals surface area (Å²) < 4.78 is 53.9. The number of ether oxygens (including phenoxy) is 1. The molecular weight excluding hydrogens is 266 g/mol. The maximum atomic E-state index is 12.7. The van der Waals surface area contributed by atoms with E-state index >= 15 is 0 Å². The van der Waals surface area contributed by atoms with E-state index in [1.165, 1.54) is 6.07 Å². The van der Waals surface area contributed by atoms with Crippen LogP contribution >= 0.6 is 0 Å². The Hall–Kier alpha value is -1.60. The van der Waals surface area contributed by atoms with Crippen LogP contribution in [0.4, 0.5) is 23.4 Å². The summed E-state index contributed by atoms with van der Waals surface area (Å²) in [5, 5.41) is 2.93. The van der Waals surface area contributed by atoms with Crippen molar-refractivity contribution in [2.45, 2.75) is 32.6 Å². The van der Waals surface area contributed by atoms with Gasteiger partial charge in [0, 0.05) is 12.6 Å². The van der Waals surface area contributed by atoms with Crippen molar-refractivity contribution in [3.63, 3.8) is 0 Å². The van der Waals surface area contributed by atoms with Crippen LogP contribution in [0.15, 0.2) is 6.07 Å². The molecule has 0 saturated carbocycles. The molecule has 0 aliphatic heterocycles. The highest BCUT2D eigenvalue weighted by atomic mass is 19.3. The largest absolute Gasteiger partial charge is 0.471 e. The Morgan fingerprint density at radius 2 is 2.05 bits per heavy atom. The molecule has 19 heavy (non-hydrogen) atoms. The third-order valence-corrected chi connectivity index (χ3v) is 2.10. The molecule has 0 fully saturated rings. The topological polar surface area (TPSA) is 47.0 Å². The molecule has 1 aromatic heterocycles. The van der Waals surface area contributed by atoms with Gasteiger partial charge in [-0.25, -0.2) is 13.8 Å². The summed E-state index contributed by atoms with van der Waals surface area (Å²) in [6, 6.07) is 1.30.